The van der Waals surface area contributed by atoms with E-state index in [-0.39, 0.29) is 5.91 Å². The molecule has 0 aliphatic carbocycles. The molecule has 12 heteroatoms. The molecule has 1 saturated heterocycles. The zero-order valence-electron chi connectivity index (χ0n) is 20.6. The molecule has 1 aliphatic heterocycles. The third-order valence-corrected chi connectivity index (χ3v) is 6.07. The van der Waals surface area contributed by atoms with Crippen LogP contribution in [0.1, 0.15) is 24.6 Å². The fourth-order valence-corrected chi connectivity index (χ4v) is 4.08. The number of carbonyl (C=O) groups excluding carboxylic acids is 2. The summed E-state index contributed by atoms with van der Waals surface area (Å²) in [6.07, 6.45) is -4.17. The number of carboxylic acids is 1. The van der Waals surface area contributed by atoms with Crippen molar-refractivity contribution in [3.8, 4) is 5.75 Å². The van der Waals surface area contributed by atoms with Gasteiger partial charge in [-0.3, -0.25) is 19.8 Å². The normalized spacial score (nSPS) is 16.0. The monoisotopic (exact) mass is 533 g/mol. The number of hydrogen-bond acceptors (Lipinski definition) is 6. The Bertz CT molecular complexity index is 1300. The van der Waals surface area contributed by atoms with Gasteiger partial charge in [0.25, 0.3) is 0 Å². The lowest BCUT2D eigenvalue weighted by Gasteiger charge is -2.23. The highest BCUT2D eigenvalue weighted by Gasteiger charge is 2.39. The lowest BCUT2D eigenvalue weighted by Crippen LogP contribution is -2.39. The molecule has 2 heterocycles. The Labute approximate surface area is 216 Å². The van der Waals surface area contributed by atoms with Crippen LogP contribution in [0.3, 0.4) is 0 Å². The van der Waals surface area contributed by atoms with E-state index in [0.717, 1.165) is 27.8 Å². The molecule has 3 aromatic rings. The second kappa shape index (κ2) is 11.9. The second-order valence-electron chi connectivity index (χ2n) is 8.64. The van der Waals surface area contributed by atoms with Crippen molar-refractivity contribution in [2.24, 2.45) is 5.92 Å². The minimum atomic E-state index is -5.08. The lowest BCUT2D eigenvalue weighted by atomic mass is 10.00. The molecule has 2 atom stereocenters. The number of pyridine rings is 1. The first-order valence-corrected chi connectivity index (χ1v) is 11.5. The van der Waals surface area contributed by atoms with Crippen LogP contribution in [0.2, 0.25) is 0 Å². The Kier molecular flexibility index (Phi) is 8.89. The summed E-state index contributed by atoms with van der Waals surface area (Å²) in [5, 5.41) is 18.4. The number of halogens is 3. The van der Waals surface area contributed by atoms with Gasteiger partial charge in [-0.2, -0.15) is 13.2 Å². The van der Waals surface area contributed by atoms with Gasteiger partial charge in [-0.1, -0.05) is 18.2 Å². The molecule has 0 radical (unpaired) electrons. The number of nitrogens with zero attached hydrogens (tertiary/aromatic N) is 3. The molecule has 1 fully saturated rings. The summed E-state index contributed by atoms with van der Waals surface area (Å²) < 4.78 is 37.7. The number of ether oxygens (including phenoxy) is 1. The van der Waals surface area contributed by atoms with Gasteiger partial charge in [0.1, 0.15) is 12.4 Å². The quantitative estimate of drug-likeness (QED) is 0.263. The summed E-state index contributed by atoms with van der Waals surface area (Å²) >= 11 is 0. The number of aryl methyl sites for hydroxylation is 1. The number of para-hydroxylation sites is 1. The first-order valence-electron chi connectivity index (χ1n) is 11.5. The number of carboxylic acid groups (broad SMARTS) is 1. The van der Waals surface area contributed by atoms with Gasteiger partial charge in [-0.15, -0.1) is 0 Å². The number of hydrogen-bond donors (Lipinski definition) is 2. The minimum absolute atomic E-state index is 0.0965. The molecule has 9 nitrogen and oxygen atoms in total. The minimum Gasteiger partial charge on any atom is -0.489 e. The van der Waals surface area contributed by atoms with Crippen LogP contribution in [0, 0.1) is 12.8 Å². The average molecular weight is 534 g/mol. The summed E-state index contributed by atoms with van der Waals surface area (Å²) in [6, 6.07) is 16.9. The molecule has 0 saturated carbocycles. The SMILES string of the molecule is Cc1cc(COc2ccc(N3CC[C@H]([C@H](C)N(O)C=O)C3=O)cc2)c2ccccc2n1.O=C(O)C(F)(F)F. The van der Waals surface area contributed by atoms with Crippen molar-refractivity contribution in [2.45, 2.75) is 39.1 Å². The number of carbonyl (C=O) groups is 3. The van der Waals surface area contributed by atoms with Crippen molar-refractivity contribution in [1.29, 1.82) is 0 Å². The van der Waals surface area contributed by atoms with Crippen LogP contribution in [0.4, 0.5) is 18.9 Å². The fourth-order valence-electron chi connectivity index (χ4n) is 4.08. The van der Waals surface area contributed by atoms with Gasteiger partial charge in [0.15, 0.2) is 0 Å². The number of amides is 2. The Balaban J connectivity index is 0.000000505. The highest BCUT2D eigenvalue weighted by Crippen LogP contribution is 2.30. The highest BCUT2D eigenvalue weighted by molar-refractivity contribution is 5.97. The van der Waals surface area contributed by atoms with Crippen LogP contribution in [0.5, 0.6) is 5.75 Å². The standard InChI is InChI=1S/C24H25N3O4.C2HF3O2/c1-16-13-18(22-5-3-4-6-23(22)25-16)14-31-20-9-7-19(8-10-20)26-12-11-21(24(26)29)17(2)27(30)15-28;3-2(4,5)1(6)7/h3-10,13,15,17,21,30H,11-12,14H2,1-2H3;(H,6,7)/t17-,21+;/m0./s1. The first-order chi connectivity index (χ1) is 17.9. The second-order valence-corrected chi connectivity index (χ2v) is 8.64. The molecule has 2 amide bonds. The van der Waals surface area contributed by atoms with E-state index in [9.17, 15) is 28.0 Å². The van der Waals surface area contributed by atoms with Crippen LogP contribution in [0.25, 0.3) is 10.9 Å². The van der Waals surface area contributed by atoms with Gasteiger partial charge in [-0.05, 0) is 56.7 Å². The Hall–Kier alpha value is -4.19. The number of alkyl halides is 3. The fraction of sp³-hybridized carbons (Fsp3) is 0.308. The van der Waals surface area contributed by atoms with E-state index in [0.29, 0.717) is 36.8 Å². The van der Waals surface area contributed by atoms with Crippen LogP contribution in [-0.2, 0) is 21.0 Å². The van der Waals surface area contributed by atoms with Crippen LogP contribution in [0.15, 0.2) is 54.6 Å². The topological polar surface area (TPSA) is 120 Å². The largest absolute Gasteiger partial charge is 0.490 e. The van der Waals surface area contributed by atoms with Gasteiger partial charge in [-0.25, -0.2) is 9.86 Å². The van der Waals surface area contributed by atoms with Gasteiger partial charge in [0.2, 0.25) is 12.3 Å². The number of hydroxylamine groups is 2. The summed E-state index contributed by atoms with van der Waals surface area (Å²) in [7, 11) is 0. The third-order valence-electron chi connectivity index (χ3n) is 6.07. The van der Waals surface area contributed by atoms with Crippen molar-refractivity contribution in [3.63, 3.8) is 0 Å². The number of rotatable bonds is 7. The smallest absolute Gasteiger partial charge is 0.489 e. The molecule has 1 aliphatic rings. The van der Waals surface area contributed by atoms with Crippen molar-refractivity contribution in [3.05, 3.63) is 65.9 Å². The number of aliphatic carboxylic acids is 1. The number of anilines is 1. The van der Waals surface area contributed by atoms with E-state index >= 15 is 0 Å². The van der Waals surface area contributed by atoms with Crippen molar-refractivity contribution >= 4 is 34.9 Å². The van der Waals surface area contributed by atoms with Crippen LogP contribution in [-0.4, -0.2) is 57.4 Å². The zero-order chi connectivity index (χ0) is 28.0. The molecule has 2 N–H and O–H groups in total. The van der Waals surface area contributed by atoms with Crippen molar-refractivity contribution in [2.75, 3.05) is 11.4 Å². The van der Waals surface area contributed by atoms with Gasteiger partial charge < -0.3 is 14.7 Å². The maximum Gasteiger partial charge on any atom is 0.490 e. The van der Waals surface area contributed by atoms with E-state index in [1.807, 2.05) is 61.5 Å². The summed E-state index contributed by atoms with van der Waals surface area (Å²) in [6.45, 7) is 4.60. The van der Waals surface area contributed by atoms with E-state index < -0.39 is 24.1 Å². The maximum atomic E-state index is 12.8. The summed E-state index contributed by atoms with van der Waals surface area (Å²) in [5.41, 5.74) is 3.74. The van der Waals surface area contributed by atoms with Gasteiger partial charge in [0, 0.05) is 28.9 Å². The Morgan fingerprint density at radius 1 is 1.24 bits per heavy atom. The van der Waals surface area contributed by atoms with E-state index in [2.05, 4.69) is 4.98 Å². The molecular formula is C26H26F3N3O6. The van der Waals surface area contributed by atoms with Crippen LogP contribution >= 0.6 is 0 Å². The lowest BCUT2D eigenvalue weighted by molar-refractivity contribution is -0.192. The zero-order valence-corrected chi connectivity index (χ0v) is 20.6. The number of aromatic nitrogens is 1. The molecule has 0 spiro atoms. The number of benzene rings is 2. The first kappa shape index (κ1) is 28.4. The number of fused-ring (bicyclic) bond motifs is 1. The molecule has 38 heavy (non-hydrogen) atoms. The third kappa shape index (κ3) is 6.76. The summed E-state index contributed by atoms with van der Waals surface area (Å²) in [5.74, 6) is -2.57. The molecule has 202 valence electrons. The molecule has 1 aromatic heterocycles. The Morgan fingerprint density at radius 2 is 1.87 bits per heavy atom. The van der Waals surface area contributed by atoms with Crippen molar-refractivity contribution in [1.82, 2.24) is 10.0 Å². The molecule has 0 bridgehead atoms. The van der Waals surface area contributed by atoms with Crippen LogP contribution < -0.4 is 9.64 Å². The molecular weight excluding hydrogens is 507 g/mol. The Morgan fingerprint density at radius 3 is 2.47 bits per heavy atom. The predicted molar refractivity (Wildman–Crippen MR) is 131 cm³/mol. The molecule has 2 aromatic carbocycles. The van der Waals surface area contributed by atoms with Crippen molar-refractivity contribution < 1.29 is 42.6 Å². The highest BCUT2D eigenvalue weighted by atomic mass is 19.4. The van der Waals surface area contributed by atoms with Gasteiger partial charge >= 0.3 is 12.1 Å². The van der Waals surface area contributed by atoms with E-state index in [1.54, 1.807) is 11.8 Å². The maximum absolute atomic E-state index is 12.8. The summed E-state index contributed by atoms with van der Waals surface area (Å²) in [4.78, 5) is 38.7. The predicted octanol–water partition coefficient (Wildman–Crippen LogP) is 4.34. The molecule has 0 unspecified atom stereocenters. The molecule has 4 rings (SSSR count). The van der Waals surface area contributed by atoms with E-state index in [4.69, 9.17) is 14.6 Å². The van der Waals surface area contributed by atoms with Gasteiger partial charge in [0.05, 0.1) is 17.5 Å². The average Bonchev–Trinajstić information content (AvgIpc) is 3.27. The van der Waals surface area contributed by atoms with E-state index in [1.165, 1.54) is 0 Å².